The Labute approximate surface area is 151 Å². The Hall–Kier alpha value is -3.48. The SMILES string of the molecule is COc1ccc(NC(=O)c2ccc(NCc3ccco3)cn2)cc1OC. The van der Waals surface area contributed by atoms with Crippen molar-refractivity contribution in [1.29, 1.82) is 0 Å². The van der Waals surface area contributed by atoms with E-state index in [0.29, 0.717) is 29.4 Å². The number of nitrogens with zero attached hydrogens (tertiary/aromatic N) is 1. The van der Waals surface area contributed by atoms with Crippen molar-refractivity contribution in [3.05, 3.63) is 66.4 Å². The van der Waals surface area contributed by atoms with Crippen LogP contribution in [0.25, 0.3) is 0 Å². The Morgan fingerprint density at radius 3 is 2.54 bits per heavy atom. The molecule has 7 heteroatoms. The standard InChI is InChI=1S/C19H19N3O4/c1-24-17-8-6-13(10-18(17)25-2)22-19(23)16-7-5-14(11-21-16)20-12-15-4-3-9-26-15/h3-11,20H,12H2,1-2H3,(H,22,23). The highest BCUT2D eigenvalue weighted by atomic mass is 16.5. The highest BCUT2D eigenvalue weighted by molar-refractivity contribution is 6.03. The molecule has 134 valence electrons. The first kappa shape index (κ1) is 17.3. The highest BCUT2D eigenvalue weighted by Crippen LogP contribution is 2.29. The summed E-state index contributed by atoms with van der Waals surface area (Å²) >= 11 is 0. The molecule has 0 saturated carbocycles. The minimum atomic E-state index is -0.310. The van der Waals surface area contributed by atoms with Gasteiger partial charge in [0.25, 0.3) is 5.91 Å². The van der Waals surface area contributed by atoms with E-state index in [1.807, 2.05) is 12.1 Å². The Balaban J connectivity index is 1.62. The summed E-state index contributed by atoms with van der Waals surface area (Å²) in [6, 6.07) is 12.3. The molecule has 0 atom stereocenters. The van der Waals surface area contributed by atoms with Crippen molar-refractivity contribution in [2.24, 2.45) is 0 Å². The maximum Gasteiger partial charge on any atom is 0.274 e. The molecule has 0 bridgehead atoms. The van der Waals surface area contributed by atoms with Gasteiger partial charge >= 0.3 is 0 Å². The van der Waals surface area contributed by atoms with Crippen molar-refractivity contribution >= 4 is 17.3 Å². The fourth-order valence-electron chi connectivity index (χ4n) is 2.34. The Kier molecular flexibility index (Phi) is 5.38. The lowest BCUT2D eigenvalue weighted by Gasteiger charge is -2.10. The second kappa shape index (κ2) is 8.06. The number of methoxy groups -OCH3 is 2. The van der Waals surface area contributed by atoms with Crippen molar-refractivity contribution in [2.75, 3.05) is 24.9 Å². The van der Waals surface area contributed by atoms with Gasteiger partial charge in [-0.25, -0.2) is 4.98 Å². The van der Waals surface area contributed by atoms with Gasteiger partial charge in [-0.2, -0.15) is 0 Å². The predicted octanol–water partition coefficient (Wildman–Crippen LogP) is 3.56. The van der Waals surface area contributed by atoms with Crippen molar-refractivity contribution in [3.8, 4) is 11.5 Å². The third kappa shape index (κ3) is 4.13. The minimum absolute atomic E-state index is 0.309. The minimum Gasteiger partial charge on any atom is -0.493 e. The lowest BCUT2D eigenvalue weighted by atomic mass is 10.2. The van der Waals surface area contributed by atoms with Gasteiger partial charge in [0.1, 0.15) is 11.5 Å². The fourth-order valence-corrected chi connectivity index (χ4v) is 2.34. The zero-order valence-electron chi connectivity index (χ0n) is 14.5. The molecule has 1 amide bonds. The molecule has 0 radical (unpaired) electrons. The number of hydrogen-bond acceptors (Lipinski definition) is 6. The van der Waals surface area contributed by atoms with Crippen molar-refractivity contribution in [1.82, 2.24) is 4.98 Å². The summed E-state index contributed by atoms with van der Waals surface area (Å²) in [6.07, 6.45) is 3.23. The maximum absolute atomic E-state index is 12.3. The van der Waals surface area contributed by atoms with Crippen molar-refractivity contribution < 1.29 is 18.7 Å². The molecule has 0 saturated heterocycles. The second-order valence-corrected chi connectivity index (χ2v) is 5.39. The van der Waals surface area contributed by atoms with Crippen LogP contribution in [-0.2, 0) is 6.54 Å². The van der Waals surface area contributed by atoms with Crippen LogP contribution in [0.3, 0.4) is 0 Å². The predicted molar refractivity (Wildman–Crippen MR) is 97.8 cm³/mol. The number of rotatable bonds is 7. The van der Waals surface area contributed by atoms with Crippen LogP contribution in [0.2, 0.25) is 0 Å². The second-order valence-electron chi connectivity index (χ2n) is 5.39. The topological polar surface area (TPSA) is 85.6 Å². The van der Waals surface area contributed by atoms with Crippen molar-refractivity contribution in [2.45, 2.75) is 6.54 Å². The molecule has 1 aromatic carbocycles. The van der Waals surface area contributed by atoms with Gasteiger partial charge in [0, 0.05) is 11.8 Å². The fraction of sp³-hybridized carbons (Fsp3) is 0.158. The third-order valence-electron chi connectivity index (χ3n) is 3.68. The number of ether oxygens (including phenoxy) is 2. The van der Waals surface area contributed by atoms with Crippen LogP contribution >= 0.6 is 0 Å². The summed E-state index contributed by atoms with van der Waals surface area (Å²) in [5, 5.41) is 5.96. The summed E-state index contributed by atoms with van der Waals surface area (Å²) in [5.74, 6) is 1.64. The molecule has 7 nitrogen and oxygen atoms in total. The monoisotopic (exact) mass is 353 g/mol. The van der Waals surface area contributed by atoms with E-state index >= 15 is 0 Å². The average molecular weight is 353 g/mol. The smallest absolute Gasteiger partial charge is 0.274 e. The number of benzene rings is 1. The van der Waals surface area contributed by atoms with Gasteiger partial charge in [0.05, 0.1) is 38.9 Å². The normalized spacial score (nSPS) is 10.2. The first-order valence-electron chi connectivity index (χ1n) is 7.95. The Bertz CT molecular complexity index is 861. The van der Waals surface area contributed by atoms with E-state index < -0.39 is 0 Å². The van der Waals surface area contributed by atoms with E-state index in [4.69, 9.17) is 13.9 Å². The number of nitrogens with one attached hydrogen (secondary N) is 2. The molecule has 0 aliphatic rings. The first-order chi connectivity index (χ1) is 12.7. The maximum atomic E-state index is 12.3. The van der Waals surface area contributed by atoms with Crippen LogP contribution in [0.5, 0.6) is 11.5 Å². The number of hydrogen-bond donors (Lipinski definition) is 2. The molecule has 3 aromatic rings. The van der Waals surface area contributed by atoms with Gasteiger partial charge < -0.3 is 24.5 Å². The molecular formula is C19H19N3O4. The van der Waals surface area contributed by atoms with Crippen LogP contribution < -0.4 is 20.1 Å². The van der Waals surface area contributed by atoms with Gasteiger partial charge in [0.15, 0.2) is 11.5 Å². The van der Waals surface area contributed by atoms with Gasteiger partial charge in [-0.05, 0) is 36.4 Å². The molecule has 3 rings (SSSR count). The van der Waals surface area contributed by atoms with E-state index in [1.165, 1.54) is 0 Å². The number of furan rings is 1. The summed E-state index contributed by atoms with van der Waals surface area (Å²) in [5.41, 5.74) is 1.70. The van der Waals surface area contributed by atoms with Gasteiger partial charge in [-0.1, -0.05) is 0 Å². The van der Waals surface area contributed by atoms with Crippen LogP contribution in [0.1, 0.15) is 16.2 Å². The van der Waals surface area contributed by atoms with E-state index in [9.17, 15) is 4.79 Å². The van der Waals surface area contributed by atoms with Gasteiger partial charge in [-0.3, -0.25) is 4.79 Å². The van der Waals surface area contributed by atoms with E-state index in [2.05, 4.69) is 15.6 Å². The molecule has 0 aliphatic heterocycles. The number of carbonyl (C=O) groups is 1. The molecule has 2 heterocycles. The molecule has 2 aromatic heterocycles. The van der Waals surface area contributed by atoms with Crippen LogP contribution in [0.4, 0.5) is 11.4 Å². The zero-order chi connectivity index (χ0) is 18.4. The number of pyridine rings is 1. The van der Waals surface area contributed by atoms with Crippen LogP contribution in [-0.4, -0.2) is 25.1 Å². The number of anilines is 2. The number of amides is 1. The summed E-state index contributed by atoms with van der Waals surface area (Å²) in [7, 11) is 3.10. The molecule has 0 fully saturated rings. The Morgan fingerprint density at radius 2 is 1.88 bits per heavy atom. The largest absolute Gasteiger partial charge is 0.493 e. The highest BCUT2D eigenvalue weighted by Gasteiger charge is 2.10. The summed E-state index contributed by atoms with van der Waals surface area (Å²) < 4.78 is 15.7. The number of aromatic nitrogens is 1. The van der Waals surface area contributed by atoms with E-state index in [0.717, 1.165) is 11.4 Å². The first-order valence-corrected chi connectivity index (χ1v) is 7.95. The van der Waals surface area contributed by atoms with Gasteiger partial charge in [0.2, 0.25) is 0 Å². The van der Waals surface area contributed by atoms with E-state index in [1.54, 1.807) is 57.0 Å². The lowest BCUT2D eigenvalue weighted by Crippen LogP contribution is -2.13. The number of carbonyl (C=O) groups excluding carboxylic acids is 1. The Morgan fingerprint density at radius 1 is 1.08 bits per heavy atom. The van der Waals surface area contributed by atoms with Crippen molar-refractivity contribution in [3.63, 3.8) is 0 Å². The van der Waals surface area contributed by atoms with Crippen LogP contribution in [0.15, 0.2) is 59.3 Å². The van der Waals surface area contributed by atoms with Gasteiger partial charge in [-0.15, -0.1) is 0 Å². The van der Waals surface area contributed by atoms with Crippen LogP contribution in [0, 0.1) is 0 Å². The summed E-state index contributed by atoms with van der Waals surface area (Å²) in [4.78, 5) is 16.5. The quantitative estimate of drug-likeness (QED) is 0.675. The molecule has 0 unspecified atom stereocenters. The molecule has 0 spiro atoms. The zero-order valence-corrected chi connectivity index (χ0v) is 14.5. The molecular weight excluding hydrogens is 334 g/mol. The summed E-state index contributed by atoms with van der Waals surface area (Å²) in [6.45, 7) is 0.547. The molecule has 26 heavy (non-hydrogen) atoms. The molecule has 2 N–H and O–H groups in total. The average Bonchev–Trinajstić information content (AvgIpc) is 3.20. The lowest BCUT2D eigenvalue weighted by molar-refractivity contribution is 0.102. The third-order valence-corrected chi connectivity index (χ3v) is 3.68. The molecule has 0 aliphatic carbocycles. The van der Waals surface area contributed by atoms with E-state index in [-0.39, 0.29) is 5.91 Å².